The number of nitrogens with two attached hydrogens (primary N) is 1. The second-order valence-corrected chi connectivity index (χ2v) is 8.39. The number of piperidine rings is 1. The van der Waals surface area contributed by atoms with Crippen molar-refractivity contribution in [2.24, 2.45) is 0 Å². The summed E-state index contributed by atoms with van der Waals surface area (Å²) < 4.78 is 1.80. The largest absolute Gasteiger partial charge is 0.380 e. The lowest BCUT2D eigenvalue weighted by atomic mass is 9.91. The Morgan fingerprint density at radius 3 is 2.80 bits per heavy atom. The van der Waals surface area contributed by atoms with Crippen LogP contribution >= 0.6 is 0 Å². The number of imidazole rings is 1. The molecule has 8 heteroatoms. The van der Waals surface area contributed by atoms with Crippen molar-refractivity contribution in [2.45, 2.75) is 64.8 Å². The summed E-state index contributed by atoms with van der Waals surface area (Å²) in [5.74, 6) is 1.48. The van der Waals surface area contributed by atoms with E-state index >= 15 is 0 Å². The van der Waals surface area contributed by atoms with Crippen LogP contribution in [0.2, 0.25) is 0 Å². The average molecular weight is 409 g/mol. The third-order valence-corrected chi connectivity index (χ3v) is 5.84. The van der Waals surface area contributed by atoms with E-state index in [0.29, 0.717) is 29.8 Å². The molecule has 160 valence electrons. The van der Waals surface area contributed by atoms with E-state index in [1.54, 1.807) is 4.52 Å². The topological polar surface area (TPSA) is 106 Å². The fraction of sp³-hybridized carbons (Fsp3) is 0.545. The molecule has 4 N–H and O–H groups in total. The zero-order valence-electron chi connectivity index (χ0n) is 18.1. The van der Waals surface area contributed by atoms with Gasteiger partial charge in [-0.15, -0.1) is 5.10 Å². The van der Waals surface area contributed by atoms with Crippen molar-refractivity contribution in [1.82, 2.24) is 29.9 Å². The van der Waals surface area contributed by atoms with Crippen molar-refractivity contribution in [1.29, 1.82) is 0 Å². The number of nitrogens with one attached hydrogen (secondary N) is 2. The molecule has 1 fully saturated rings. The quantitative estimate of drug-likeness (QED) is 0.551. The zero-order valence-corrected chi connectivity index (χ0v) is 18.1. The average Bonchev–Trinajstić information content (AvgIpc) is 3.12. The summed E-state index contributed by atoms with van der Waals surface area (Å²) in [5.41, 5.74) is 11.4. The third kappa shape index (κ3) is 4.38. The van der Waals surface area contributed by atoms with Crippen LogP contribution in [0.3, 0.4) is 0 Å². The summed E-state index contributed by atoms with van der Waals surface area (Å²) in [6.07, 6.45) is 8.98. The van der Waals surface area contributed by atoms with Gasteiger partial charge in [-0.2, -0.15) is 4.98 Å². The molecule has 3 aromatic rings. The lowest BCUT2D eigenvalue weighted by Crippen LogP contribution is -2.27. The molecule has 1 saturated heterocycles. The number of nitrogen functional groups attached to an aromatic ring is 1. The van der Waals surface area contributed by atoms with Gasteiger partial charge in [-0.25, -0.2) is 9.50 Å². The first-order chi connectivity index (χ1) is 14.5. The van der Waals surface area contributed by atoms with Crippen LogP contribution in [0.5, 0.6) is 0 Å². The minimum atomic E-state index is 0.285. The predicted molar refractivity (Wildman–Crippen MR) is 120 cm³/mol. The van der Waals surface area contributed by atoms with Crippen molar-refractivity contribution in [3.8, 4) is 0 Å². The first-order valence-corrected chi connectivity index (χ1v) is 11.0. The van der Waals surface area contributed by atoms with Crippen LogP contribution in [-0.4, -0.2) is 43.7 Å². The summed E-state index contributed by atoms with van der Waals surface area (Å²) in [6.45, 7) is 8.60. The second kappa shape index (κ2) is 8.95. The molecule has 0 aliphatic carbocycles. The molecule has 0 aromatic carbocycles. The molecule has 0 saturated carbocycles. The standard InChI is InChI=1S/C22H32N8/c1-4-5-15(3)27-22-28-20(23)21-26-13-18(30(21)29-22)11-16-10-14(2)19(25-12-16)17-6-8-24-9-7-17/h10,12-13,15,17,24H,4-9,11H2,1-3H3,(H3,23,27,28,29). The van der Waals surface area contributed by atoms with Crippen LogP contribution in [0.4, 0.5) is 11.8 Å². The maximum atomic E-state index is 6.15. The Balaban J connectivity index is 1.57. The number of hydrogen-bond donors (Lipinski definition) is 3. The van der Waals surface area contributed by atoms with E-state index in [9.17, 15) is 0 Å². The minimum Gasteiger partial charge on any atom is -0.380 e. The van der Waals surface area contributed by atoms with Crippen LogP contribution in [0.1, 0.15) is 68.0 Å². The third-order valence-electron chi connectivity index (χ3n) is 5.84. The Morgan fingerprint density at radius 2 is 2.07 bits per heavy atom. The monoisotopic (exact) mass is 408 g/mol. The predicted octanol–water partition coefficient (Wildman–Crippen LogP) is 3.07. The Hall–Kier alpha value is -2.74. The van der Waals surface area contributed by atoms with Gasteiger partial charge in [-0.1, -0.05) is 19.4 Å². The molecule has 8 nitrogen and oxygen atoms in total. The molecule has 4 heterocycles. The van der Waals surface area contributed by atoms with E-state index in [1.165, 1.54) is 11.3 Å². The van der Waals surface area contributed by atoms with Crippen molar-refractivity contribution < 1.29 is 0 Å². The van der Waals surface area contributed by atoms with Crippen molar-refractivity contribution in [3.63, 3.8) is 0 Å². The molecule has 1 aliphatic heterocycles. The molecule has 1 atom stereocenters. The molecule has 0 radical (unpaired) electrons. The highest BCUT2D eigenvalue weighted by Crippen LogP contribution is 2.27. The van der Waals surface area contributed by atoms with E-state index in [2.05, 4.69) is 52.5 Å². The number of aromatic nitrogens is 5. The van der Waals surface area contributed by atoms with Crippen LogP contribution in [0.25, 0.3) is 5.65 Å². The Morgan fingerprint density at radius 1 is 1.27 bits per heavy atom. The van der Waals surface area contributed by atoms with E-state index in [-0.39, 0.29) is 6.04 Å². The van der Waals surface area contributed by atoms with E-state index in [0.717, 1.165) is 50.0 Å². The maximum Gasteiger partial charge on any atom is 0.243 e. The van der Waals surface area contributed by atoms with Crippen LogP contribution in [0.15, 0.2) is 18.5 Å². The van der Waals surface area contributed by atoms with Crippen molar-refractivity contribution in [2.75, 3.05) is 24.1 Å². The van der Waals surface area contributed by atoms with Gasteiger partial charge in [-0.05, 0) is 57.3 Å². The number of rotatable bonds is 7. The van der Waals surface area contributed by atoms with Gasteiger partial charge in [-0.3, -0.25) is 4.98 Å². The second-order valence-electron chi connectivity index (χ2n) is 8.39. The van der Waals surface area contributed by atoms with Gasteiger partial charge in [0.15, 0.2) is 11.5 Å². The molecule has 3 aromatic heterocycles. The van der Waals surface area contributed by atoms with Gasteiger partial charge in [0.2, 0.25) is 5.95 Å². The summed E-state index contributed by atoms with van der Waals surface area (Å²) in [6, 6.07) is 2.53. The fourth-order valence-electron chi connectivity index (χ4n) is 4.33. The lowest BCUT2D eigenvalue weighted by Gasteiger charge is -2.23. The molecule has 0 amide bonds. The summed E-state index contributed by atoms with van der Waals surface area (Å²) in [4.78, 5) is 13.6. The van der Waals surface area contributed by atoms with E-state index in [1.807, 2.05) is 12.4 Å². The SMILES string of the molecule is CCCC(C)Nc1nc(N)c2ncc(Cc3cnc(C4CCNCC4)c(C)c3)n2n1. The maximum absolute atomic E-state index is 6.15. The van der Waals surface area contributed by atoms with Gasteiger partial charge in [0.1, 0.15) is 0 Å². The van der Waals surface area contributed by atoms with E-state index in [4.69, 9.17) is 10.7 Å². The van der Waals surface area contributed by atoms with Crippen LogP contribution < -0.4 is 16.4 Å². The number of nitrogens with zero attached hydrogens (tertiary/aromatic N) is 5. The lowest BCUT2D eigenvalue weighted by molar-refractivity contribution is 0.451. The van der Waals surface area contributed by atoms with E-state index < -0.39 is 0 Å². The Kier molecular flexibility index (Phi) is 6.13. The highest BCUT2D eigenvalue weighted by molar-refractivity contribution is 5.61. The van der Waals surface area contributed by atoms with Gasteiger partial charge in [0.05, 0.1) is 11.9 Å². The molecular formula is C22H32N8. The smallest absolute Gasteiger partial charge is 0.243 e. The van der Waals surface area contributed by atoms with Gasteiger partial charge < -0.3 is 16.4 Å². The van der Waals surface area contributed by atoms with Gasteiger partial charge in [0.25, 0.3) is 0 Å². The van der Waals surface area contributed by atoms with Gasteiger partial charge >= 0.3 is 0 Å². The molecular weight excluding hydrogens is 376 g/mol. The number of pyridine rings is 1. The molecule has 0 bridgehead atoms. The van der Waals surface area contributed by atoms with Crippen LogP contribution in [-0.2, 0) is 6.42 Å². The highest BCUT2D eigenvalue weighted by atomic mass is 15.3. The molecule has 30 heavy (non-hydrogen) atoms. The molecule has 4 rings (SSSR count). The molecule has 1 aliphatic rings. The number of aryl methyl sites for hydroxylation is 1. The molecule has 1 unspecified atom stereocenters. The fourth-order valence-corrected chi connectivity index (χ4v) is 4.33. The summed E-state index contributed by atoms with van der Waals surface area (Å²) in [7, 11) is 0. The number of fused-ring (bicyclic) bond motifs is 1. The Bertz CT molecular complexity index is 1010. The summed E-state index contributed by atoms with van der Waals surface area (Å²) in [5, 5.41) is 11.4. The first-order valence-electron chi connectivity index (χ1n) is 11.0. The zero-order chi connectivity index (χ0) is 21.1. The van der Waals surface area contributed by atoms with Crippen molar-refractivity contribution >= 4 is 17.4 Å². The highest BCUT2D eigenvalue weighted by Gasteiger charge is 2.19. The Labute approximate surface area is 177 Å². The normalized spacial score (nSPS) is 16.1. The number of anilines is 2. The van der Waals surface area contributed by atoms with Gasteiger partial charge in [0, 0.05) is 30.3 Å². The minimum absolute atomic E-state index is 0.285. The first kappa shape index (κ1) is 20.5. The number of hydrogen-bond acceptors (Lipinski definition) is 7. The molecule has 0 spiro atoms. The summed E-state index contributed by atoms with van der Waals surface area (Å²) >= 11 is 0. The van der Waals surface area contributed by atoms with Crippen molar-refractivity contribution in [3.05, 3.63) is 41.0 Å². The van der Waals surface area contributed by atoms with Crippen LogP contribution in [0, 0.1) is 6.92 Å².